The van der Waals surface area contributed by atoms with Crippen molar-refractivity contribution in [3.05, 3.63) is 0 Å². The third-order valence-corrected chi connectivity index (χ3v) is 3.03. The molecule has 0 spiro atoms. The highest BCUT2D eigenvalue weighted by Gasteiger charge is 2.32. The molecule has 0 saturated carbocycles. The maximum Gasteiger partial charge on any atom is 0.325 e. The molecule has 0 aromatic heterocycles. The van der Waals surface area contributed by atoms with Crippen LogP contribution in [0.4, 0.5) is 0 Å². The highest BCUT2D eigenvalue weighted by molar-refractivity contribution is 5.94. The minimum atomic E-state index is -1.24. The number of hydrogen-bond donors (Lipinski definition) is 5. The van der Waals surface area contributed by atoms with Crippen LogP contribution in [-0.4, -0.2) is 47.1 Å². The second-order valence-corrected chi connectivity index (χ2v) is 5.54. The summed E-state index contributed by atoms with van der Waals surface area (Å²) < 4.78 is 0. The van der Waals surface area contributed by atoms with Gasteiger partial charge in [-0.3, -0.25) is 14.4 Å². The van der Waals surface area contributed by atoms with Gasteiger partial charge in [-0.1, -0.05) is 6.42 Å². The maximum atomic E-state index is 12.0. The molecule has 0 saturated heterocycles. The Balaban J connectivity index is 4.47. The molecule has 8 heteroatoms. The van der Waals surface area contributed by atoms with Gasteiger partial charge in [-0.2, -0.15) is 0 Å². The fourth-order valence-electron chi connectivity index (χ4n) is 1.54. The van der Waals surface area contributed by atoms with Gasteiger partial charge >= 0.3 is 5.97 Å². The van der Waals surface area contributed by atoms with Crippen molar-refractivity contribution < 1.29 is 19.5 Å². The Hall–Kier alpha value is -1.67. The van der Waals surface area contributed by atoms with Gasteiger partial charge in [0, 0.05) is 0 Å². The molecule has 0 aliphatic heterocycles. The van der Waals surface area contributed by atoms with E-state index in [1.807, 2.05) is 0 Å². The quantitative estimate of drug-likeness (QED) is 0.342. The molecule has 2 atom stereocenters. The van der Waals surface area contributed by atoms with Gasteiger partial charge in [0.15, 0.2) is 0 Å². The van der Waals surface area contributed by atoms with E-state index in [9.17, 15) is 14.4 Å². The average molecular weight is 302 g/mol. The standard InChI is InChI=1S/C13H26N4O4/c1-8(11(19)20)16-12(21)13(2,3)17-10(18)9(15)6-4-5-7-14/h8-9H,4-7,14-15H2,1-3H3,(H,16,21)(H,17,18)(H,19,20)/t8-,9-/m0/s1. The molecule has 21 heavy (non-hydrogen) atoms. The lowest BCUT2D eigenvalue weighted by atomic mass is 10.0. The summed E-state index contributed by atoms with van der Waals surface area (Å²) in [5.41, 5.74) is 9.85. The SMILES string of the molecule is C[C@H](NC(=O)C(C)(C)NC(=O)[C@@H](N)CCCCN)C(=O)O. The number of carboxylic acid groups (broad SMARTS) is 1. The summed E-state index contributed by atoms with van der Waals surface area (Å²) in [5, 5.41) is 13.6. The van der Waals surface area contributed by atoms with Crippen LogP contribution in [0.15, 0.2) is 0 Å². The molecule has 0 fully saturated rings. The third-order valence-electron chi connectivity index (χ3n) is 3.03. The number of nitrogens with one attached hydrogen (secondary N) is 2. The Bertz CT molecular complexity index is 384. The van der Waals surface area contributed by atoms with Gasteiger partial charge in [0.1, 0.15) is 11.6 Å². The molecule has 0 unspecified atom stereocenters. The van der Waals surface area contributed by atoms with Crippen LogP contribution in [-0.2, 0) is 14.4 Å². The molecule has 0 heterocycles. The predicted octanol–water partition coefficient (Wildman–Crippen LogP) is -1.07. The molecule has 7 N–H and O–H groups in total. The molecule has 0 rings (SSSR count). The van der Waals surface area contributed by atoms with Crippen molar-refractivity contribution in [2.45, 2.75) is 57.7 Å². The van der Waals surface area contributed by atoms with Gasteiger partial charge < -0.3 is 27.2 Å². The Morgan fingerprint density at radius 2 is 1.81 bits per heavy atom. The second kappa shape index (κ2) is 8.58. The Morgan fingerprint density at radius 1 is 1.24 bits per heavy atom. The first-order chi connectivity index (χ1) is 9.61. The summed E-state index contributed by atoms with van der Waals surface area (Å²) in [5.74, 6) is -2.18. The van der Waals surface area contributed by atoms with Crippen molar-refractivity contribution in [2.75, 3.05) is 6.54 Å². The minimum absolute atomic E-state index is 0.449. The van der Waals surface area contributed by atoms with Crippen LogP contribution in [0.3, 0.4) is 0 Å². The van der Waals surface area contributed by atoms with Crippen molar-refractivity contribution >= 4 is 17.8 Å². The van der Waals surface area contributed by atoms with Gasteiger partial charge in [0.2, 0.25) is 11.8 Å². The van der Waals surface area contributed by atoms with E-state index in [2.05, 4.69) is 10.6 Å². The van der Waals surface area contributed by atoms with E-state index >= 15 is 0 Å². The highest BCUT2D eigenvalue weighted by atomic mass is 16.4. The molecular weight excluding hydrogens is 276 g/mol. The Kier molecular flexibility index (Phi) is 7.90. The predicted molar refractivity (Wildman–Crippen MR) is 78.3 cm³/mol. The number of hydrogen-bond acceptors (Lipinski definition) is 5. The fourth-order valence-corrected chi connectivity index (χ4v) is 1.54. The van der Waals surface area contributed by atoms with Crippen LogP contribution in [0.2, 0.25) is 0 Å². The van der Waals surface area contributed by atoms with Crippen LogP contribution in [0, 0.1) is 0 Å². The molecule has 0 aromatic rings. The van der Waals surface area contributed by atoms with E-state index in [0.29, 0.717) is 13.0 Å². The van der Waals surface area contributed by atoms with Crippen LogP contribution >= 0.6 is 0 Å². The molecule has 0 aromatic carbocycles. The lowest BCUT2D eigenvalue weighted by Gasteiger charge is -2.27. The topological polar surface area (TPSA) is 148 Å². The van der Waals surface area contributed by atoms with E-state index in [1.165, 1.54) is 20.8 Å². The fraction of sp³-hybridized carbons (Fsp3) is 0.769. The second-order valence-electron chi connectivity index (χ2n) is 5.54. The van der Waals surface area contributed by atoms with E-state index in [1.54, 1.807) is 0 Å². The van der Waals surface area contributed by atoms with E-state index in [-0.39, 0.29) is 0 Å². The summed E-state index contributed by atoms with van der Waals surface area (Å²) in [6.07, 6.45) is 1.99. The summed E-state index contributed by atoms with van der Waals surface area (Å²) in [7, 11) is 0. The van der Waals surface area contributed by atoms with Gasteiger partial charge in [0.05, 0.1) is 6.04 Å². The number of carbonyl (C=O) groups excluding carboxylic acids is 2. The number of nitrogens with two attached hydrogens (primary N) is 2. The van der Waals surface area contributed by atoms with E-state index in [0.717, 1.165) is 12.8 Å². The van der Waals surface area contributed by atoms with Gasteiger partial charge in [-0.05, 0) is 40.2 Å². The normalized spacial score (nSPS) is 14.1. The zero-order valence-corrected chi connectivity index (χ0v) is 12.8. The monoisotopic (exact) mass is 302 g/mol. The molecule has 122 valence electrons. The maximum absolute atomic E-state index is 12.0. The lowest BCUT2D eigenvalue weighted by molar-refractivity contribution is -0.142. The van der Waals surface area contributed by atoms with Crippen molar-refractivity contribution in [1.82, 2.24) is 10.6 Å². The minimum Gasteiger partial charge on any atom is -0.480 e. The van der Waals surface area contributed by atoms with Crippen LogP contribution in [0.1, 0.15) is 40.0 Å². The lowest BCUT2D eigenvalue weighted by Crippen LogP contribution is -2.59. The average Bonchev–Trinajstić information content (AvgIpc) is 2.37. The molecule has 0 radical (unpaired) electrons. The zero-order chi connectivity index (χ0) is 16.6. The first-order valence-electron chi connectivity index (χ1n) is 6.93. The van der Waals surface area contributed by atoms with Gasteiger partial charge in [-0.25, -0.2) is 0 Å². The number of carboxylic acids is 1. The van der Waals surface area contributed by atoms with Crippen molar-refractivity contribution in [2.24, 2.45) is 11.5 Å². The molecule has 8 nitrogen and oxygen atoms in total. The molecule has 0 aliphatic rings. The van der Waals surface area contributed by atoms with Crippen molar-refractivity contribution in [3.63, 3.8) is 0 Å². The van der Waals surface area contributed by atoms with E-state index < -0.39 is 35.4 Å². The number of aliphatic carboxylic acids is 1. The molecule has 2 amide bonds. The molecular formula is C13H26N4O4. The molecule has 0 bridgehead atoms. The summed E-state index contributed by atoms with van der Waals surface area (Å²) in [6.45, 7) is 4.86. The van der Waals surface area contributed by atoms with Crippen molar-refractivity contribution in [3.8, 4) is 0 Å². The zero-order valence-electron chi connectivity index (χ0n) is 12.8. The first-order valence-corrected chi connectivity index (χ1v) is 6.93. The number of amides is 2. The van der Waals surface area contributed by atoms with Crippen LogP contribution in [0.25, 0.3) is 0 Å². The van der Waals surface area contributed by atoms with Crippen LogP contribution in [0.5, 0.6) is 0 Å². The number of carbonyl (C=O) groups is 3. The Labute approximate surface area is 124 Å². The largest absolute Gasteiger partial charge is 0.480 e. The Morgan fingerprint density at radius 3 is 2.29 bits per heavy atom. The summed E-state index contributed by atoms with van der Waals surface area (Å²) in [4.78, 5) is 34.6. The smallest absolute Gasteiger partial charge is 0.325 e. The van der Waals surface area contributed by atoms with Gasteiger partial charge in [0.25, 0.3) is 0 Å². The molecule has 0 aliphatic carbocycles. The van der Waals surface area contributed by atoms with Gasteiger partial charge in [-0.15, -0.1) is 0 Å². The van der Waals surface area contributed by atoms with E-state index in [4.69, 9.17) is 16.6 Å². The van der Waals surface area contributed by atoms with Crippen LogP contribution < -0.4 is 22.1 Å². The number of unbranched alkanes of at least 4 members (excludes halogenated alkanes) is 1. The first kappa shape index (κ1) is 19.3. The summed E-state index contributed by atoms with van der Waals surface area (Å²) >= 11 is 0. The van der Waals surface area contributed by atoms with Crippen molar-refractivity contribution in [1.29, 1.82) is 0 Å². The highest BCUT2D eigenvalue weighted by Crippen LogP contribution is 2.05. The summed E-state index contributed by atoms with van der Waals surface area (Å²) in [6, 6.07) is -1.76. The number of rotatable bonds is 9. The third kappa shape index (κ3) is 7.05.